The maximum absolute atomic E-state index is 13.2. The van der Waals surface area contributed by atoms with Gasteiger partial charge in [0.1, 0.15) is 5.82 Å². The number of rotatable bonds is 5. The zero-order valence-corrected chi connectivity index (χ0v) is 12.6. The van der Waals surface area contributed by atoms with Gasteiger partial charge in [-0.25, -0.2) is 4.39 Å². The standard InChI is InChI=1S/C16H17ClFNO2/c1-10(11-4-3-5-14(18)7-11)19-9-12-6-13(17)8-15(21-2)16(12)20/h3-8,10,19-20H,9H2,1-2H3/t10-/m0/s1. The van der Waals surface area contributed by atoms with E-state index in [1.807, 2.05) is 13.0 Å². The van der Waals surface area contributed by atoms with Crippen molar-refractivity contribution in [2.24, 2.45) is 0 Å². The molecule has 112 valence electrons. The molecule has 2 N–H and O–H groups in total. The number of phenols is 1. The van der Waals surface area contributed by atoms with Crippen molar-refractivity contribution in [3.63, 3.8) is 0 Å². The van der Waals surface area contributed by atoms with Gasteiger partial charge in [-0.3, -0.25) is 0 Å². The molecule has 3 nitrogen and oxygen atoms in total. The van der Waals surface area contributed by atoms with Crippen LogP contribution < -0.4 is 10.1 Å². The Kier molecular flexibility index (Phi) is 5.04. The minimum atomic E-state index is -0.270. The molecule has 0 bridgehead atoms. The van der Waals surface area contributed by atoms with Crippen molar-refractivity contribution in [3.8, 4) is 11.5 Å². The van der Waals surface area contributed by atoms with Crippen LogP contribution >= 0.6 is 11.6 Å². The molecule has 1 atom stereocenters. The third-order valence-corrected chi connectivity index (χ3v) is 3.50. The molecule has 2 aromatic carbocycles. The van der Waals surface area contributed by atoms with Crippen LogP contribution in [0.1, 0.15) is 24.1 Å². The normalized spacial score (nSPS) is 12.2. The van der Waals surface area contributed by atoms with E-state index >= 15 is 0 Å². The number of ether oxygens (including phenoxy) is 1. The minimum Gasteiger partial charge on any atom is -0.504 e. The number of hydrogen-bond acceptors (Lipinski definition) is 3. The van der Waals surface area contributed by atoms with Gasteiger partial charge in [0.05, 0.1) is 7.11 Å². The number of phenolic OH excluding ortho intramolecular Hbond substituents is 1. The van der Waals surface area contributed by atoms with Gasteiger partial charge in [-0.2, -0.15) is 0 Å². The molecule has 2 aromatic rings. The Morgan fingerprint density at radius 2 is 2.10 bits per heavy atom. The van der Waals surface area contributed by atoms with Crippen molar-refractivity contribution in [3.05, 3.63) is 58.4 Å². The van der Waals surface area contributed by atoms with Crippen LogP contribution in [0.2, 0.25) is 5.02 Å². The summed E-state index contributed by atoms with van der Waals surface area (Å²) in [4.78, 5) is 0. The van der Waals surface area contributed by atoms with Crippen LogP contribution in [0.4, 0.5) is 4.39 Å². The van der Waals surface area contributed by atoms with E-state index in [4.69, 9.17) is 16.3 Å². The maximum Gasteiger partial charge on any atom is 0.162 e. The van der Waals surface area contributed by atoms with E-state index in [0.717, 1.165) is 5.56 Å². The highest BCUT2D eigenvalue weighted by atomic mass is 35.5. The fourth-order valence-corrected chi connectivity index (χ4v) is 2.31. The Labute approximate surface area is 128 Å². The molecule has 0 saturated heterocycles. The summed E-state index contributed by atoms with van der Waals surface area (Å²) in [6.07, 6.45) is 0. The summed E-state index contributed by atoms with van der Waals surface area (Å²) in [5.74, 6) is 0.118. The SMILES string of the molecule is COc1cc(Cl)cc(CN[C@@H](C)c2cccc(F)c2)c1O. The quantitative estimate of drug-likeness (QED) is 0.875. The monoisotopic (exact) mass is 309 g/mol. The second-order valence-corrected chi connectivity index (χ2v) is 5.21. The Hall–Kier alpha value is -1.78. The van der Waals surface area contributed by atoms with Crippen molar-refractivity contribution in [2.75, 3.05) is 7.11 Å². The molecule has 0 fully saturated rings. The van der Waals surface area contributed by atoms with E-state index in [0.29, 0.717) is 22.9 Å². The van der Waals surface area contributed by atoms with E-state index in [1.54, 1.807) is 18.2 Å². The van der Waals surface area contributed by atoms with Crippen molar-refractivity contribution < 1.29 is 14.2 Å². The molecule has 0 saturated carbocycles. The molecule has 0 aromatic heterocycles. The number of halogens is 2. The summed E-state index contributed by atoms with van der Waals surface area (Å²) in [6.45, 7) is 2.31. The third kappa shape index (κ3) is 3.86. The molecule has 0 radical (unpaired) electrons. The predicted octanol–water partition coefficient (Wildman–Crippen LogP) is 4.04. The average Bonchev–Trinajstić information content (AvgIpc) is 2.47. The van der Waals surface area contributed by atoms with Gasteiger partial charge < -0.3 is 15.2 Å². The van der Waals surface area contributed by atoms with Crippen LogP contribution in [0, 0.1) is 5.82 Å². The highest BCUT2D eigenvalue weighted by Gasteiger charge is 2.12. The largest absolute Gasteiger partial charge is 0.504 e. The minimum absolute atomic E-state index is 0.0563. The second kappa shape index (κ2) is 6.78. The number of hydrogen-bond donors (Lipinski definition) is 2. The van der Waals surface area contributed by atoms with Gasteiger partial charge in [-0.15, -0.1) is 0 Å². The molecular formula is C16H17ClFNO2. The highest BCUT2D eigenvalue weighted by molar-refractivity contribution is 6.30. The van der Waals surface area contributed by atoms with Crippen LogP contribution in [-0.4, -0.2) is 12.2 Å². The predicted molar refractivity (Wildman–Crippen MR) is 81.3 cm³/mol. The fraction of sp³-hybridized carbons (Fsp3) is 0.250. The van der Waals surface area contributed by atoms with Gasteiger partial charge in [-0.05, 0) is 30.7 Å². The molecule has 0 heterocycles. The molecule has 0 aliphatic carbocycles. The Morgan fingerprint density at radius 3 is 2.76 bits per heavy atom. The first kappa shape index (κ1) is 15.6. The van der Waals surface area contributed by atoms with E-state index < -0.39 is 0 Å². The van der Waals surface area contributed by atoms with E-state index in [-0.39, 0.29) is 17.6 Å². The Balaban J connectivity index is 2.11. The molecule has 2 rings (SSSR count). The lowest BCUT2D eigenvalue weighted by molar-refractivity contribution is 0.369. The van der Waals surface area contributed by atoms with Crippen LogP contribution in [-0.2, 0) is 6.54 Å². The number of benzene rings is 2. The van der Waals surface area contributed by atoms with Crippen LogP contribution in [0.15, 0.2) is 36.4 Å². The summed E-state index contributed by atoms with van der Waals surface area (Å²) >= 11 is 5.99. The average molecular weight is 310 g/mol. The molecule has 0 aliphatic heterocycles. The zero-order valence-electron chi connectivity index (χ0n) is 11.9. The van der Waals surface area contributed by atoms with Gasteiger partial charge in [-0.1, -0.05) is 23.7 Å². The van der Waals surface area contributed by atoms with Gasteiger partial charge in [0.15, 0.2) is 11.5 Å². The first-order chi connectivity index (χ1) is 10.0. The van der Waals surface area contributed by atoms with Crippen LogP contribution in [0.5, 0.6) is 11.5 Å². The lowest BCUT2D eigenvalue weighted by Crippen LogP contribution is -2.18. The van der Waals surface area contributed by atoms with Gasteiger partial charge in [0, 0.05) is 29.2 Å². The van der Waals surface area contributed by atoms with Gasteiger partial charge >= 0.3 is 0 Å². The number of nitrogens with one attached hydrogen (secondary N) is 1. The summed E-state index contributed by atoms with van der Waals surface area (Å²) in [5, 5.41) is 13.8. The first-order valence-corrected chi connectivity index (χ1v) is 6.93. The lowest BCUT2D eigenvalue weighted by atomic mass is 10.1. The summed E-state index contributed by atoms with van der Waals surface area (Å²) in [6, 6.07) is 9.56. The smallest absolute Gasteiger partial charge is 0.162 e. The van der Waals surface area contributed by atoms with E-state index in [1.165, 1.54) is 19.2 Å². The molecule has 21 heavy (non-hydrogen) atoms. The molecular weight excluding hydrogens is 293 g/mol. The highest BCUT2D eigenvalue weighted by Crippen LogP contribution is 2.33. The van der Waals surface area contributed by atoms with Crippen molar-refractivity contribution >= 4 is 11.6 Å². The van der Waals surface area contributed by atoms with Gasteiger partial charge in [0.25, 0.3) is 0 Å². The summed E-state index contributed by atoms with van der Waals surface area (Å²) in [5.41, 5.74) is 1.46. The number of methoxy groups -OCH3 is 1. The summed E-state index contributed by atoms with van der Waals surface area (Å²) < 4.78 is 18.3. The zero-order chi connectivity index (χ0) is 15.4. The fourth-order valence-electron chi connectivity index (χ4n) is 2.08. The second-order valence-electron chi connectivity index (χ2n) is 4.77. The molecule has 0 unspecified atom stereocenters. The molecule has 5 heteroatoms. The van der Waals surface area contributed by atoms with Crippen LogP contribution in [0.3, 0.4) is 0 Å². The molecule has 0 aliphatic rings. The Bertz CT molecular complexity index is 634. The first-order valence-electron chi connectivity index (χ1n) is 6.55. The van der Waals surface area contributed by atoms with Crippen LogP contribution in [0.25, 0.3) is 0 Å². The topological polar surface area (TPSA) is 41.5 Å². The maximum atomic E-state index is 13.2. The Morgan fingerprint density at radius 1 is 1.33 bits per heavy atom. The van der Waals surface area contributed by atoms with Crippen molar-refractivity contribution in [2.45, 2.75) is 19.5 Å². The molecule has 0 spiro atoms. The van der Waals surface area contributed by atoms with Gasteiger partial charge in [0.2, 0.25) is 0 Å². The van der Waals surface area contributed by atoms with E-state index in [2.05, 4.69) is 5.32 Å². The molecule has 0 amide bonds. The lowest BCUT2D eigenvalue weighted by Gasteiger charge is -2.16. The summed E-state index contributed by atoms with van der Waals surface area (Å²) in [7, 11) is 1.47. The van der Waals surface area contributed by atoms with E-state index in [9.17, 15) is 9.50 Å². The number of aromatic hydroxyl groups is 1. The van der Waals surface area contributed by atoms with Crippen molar-refractivity contribution in [1.82, 2.24) is 5.32 Å². The van der Waals surface area contributed by atoms with Crippen molar-refractivity contribution in [1.29, 1.82) is 0 Å². The third-order valence-electron chi connectivity index (χ3n) is 3.29.